The van der Waals surface area contributed by atoms with Gasteiger partial charge in [0.2, 0.25) is 0 Å². The van der Waals surface area contributed by atoms with Crippen LogP contribution < -0.4 is 11.1 Å². The van der Waals surface area contributed by atoms with Crippen molar-refractivity contribution < 1.29 is 27.6 Å². The van der Waals surface area contributed by atoms with Crippen LogP contribution in [0.15, 0.2) is 18.2 Å². The van der Waals surface area contributed by atoms with Crippen molar-refractivity contribution in [3.63, 3.8) is 0 Å². The molecular formula is C12H14F3N3O4. The van der Waals surface area contributed by atoms with Gasteiger partial charge in [-0.2, -0.15) is 13.2 Å². The number of nitro benzene ring substituents is 1. The third-order valence-electron chi connectivity index (χ3n) is 2.51. The molecule has 0 fully saturated rings. The highest BCUT2D eigenvalue weighted by Crippen LogP contribution is 2.22. The number of hydrogen-bond acceptors (Lipinski definition) is 5. The normalized spacial score (nSPS) is 11.2. The summed E-state index contributed by atoms with van der Waals surface area (Å²) in [7, 11) is 0. The summed E-state index contributed by atoms with van der Waals surface area (Å²) in [5.41, 5.74) is 4.98. The molecule has 7 nitrogen and oxygen atoms in total. The lowest BCUT2D eigenvalue weighted by atomic mass is 10.1. The first kappa shape index (κ1) is 17.7. The van der Waals surface area contributed by atoms with E-state index in [0.717, 1.165) is 6.07 Å². The highest BCUT2D eigenvalue weighted by Gasteiger charge is 2.27. The molecule has 122 valence electrons. The fraction of sp³-hybridized carbons (Fsp3) is 0.417. The fourth-order valence-electron chi connectivity index (χ4n) is 1.51. The van der Waals surface area contributed by atoms with Crippen LogP contribution in [0.2, 0.25) is 0 Å². The van der Waals surface area contributed by atoms with E-state index in [4.69, 9.17) is 5.73 Å². The molecule has 0 heterocycles. The van der Waals surface area contributed by atoms with E-state index in [9.17, 15) is 28.1 Å². The molecule has 10 heteroatoms. The van der Waals surface area contributed by atoms with Gasteiger partial charge in [0.25, 0.3) is 11.6 Å². The molecule has 0 spiro atoms. The largest absolute Gasteiger partial charge is 0.411 e. The van der Waals surface area contributed by atoms with Crippen molar-refractivity contribution >= 4 is 17.3 Å². The van der Waals surface area contributed by atoms with Gasteiger partial charge in [0.1, 0.15) is 12.3 Å². The van der Waals surface area contributed by atoms with E-state index >= 15 is 0 Å². The number of anilines is 1. The Bertz CT molecular complexity index is 549. The first-order valence-corrected chi connectivity index (χ1v) is 6.17. The second-order valence-corrected chi connectivity index (χ2v) is 4.31. The van der Waals surface area contributed by atoms with E-state index in [1.54, 1.807) is 0 Å². The number of nitro groups is 1. The summed E-state index contributed by atoms with van der Waals surface area (Å²) in [6, 6.07) is 3.59. The highest BCUT2D eigenvalue weighted by atomic mass is 19.4. The summed E-state index contributed by atoms with van der Waals surface area (Å²) < 4.78 is 39.7. The molecule has 22 heavy (non-hydrogen) atoms. The Morgan fingerprint density at radius 3 is 2.68 bits per heavy atom. The van der Waals surface area contributed by atoms with Gasteiger partial charge in [0.15, 0.2) is 0 Å². The number of ether oxygens (including phenoxy) is 1. The van der Waals surface area contributed by atoms with Crippen molar-refractivity contribution in [2.24, 2.45) is 0 Å². The monoisotopic (exact) mass is 321 g/mol. The van der Waals surface area contributed by atoms with Crippen LogP contribution in [0.5, 0.6) is 0 Å². The Balaban J connectivity index is 2.40. The summed E-state index contributed by atoms with van der Waals surface area (Å²) in [6.45, 7) is -1.43. The quantitative estimate of drug-likeness (QED) is 0.345. The van der Waals surface area contributed by atoms with Crippen molar-refractivity contribution in [1.82, 2.24) is 5.32 Å². The first-order valence-electron chi connectivity index (χ1n) is 6.17. The molecule has 0 bridgehead atoms. The van der Waals surface area contributed by atoms with Gasteiger partial charge in [-0.3, -0.25) is 14.9 Å². The summed E-state index contributed by atoms with van der Waals surface area (Å²) in [5.74, 6) is -0.584. The van der Waals surface area contributed by atoms with Gasteiger partial charge in [-0.15, -0.1) is 0 Å². The van der Waals surface area contributed by atoms with Crippen LogP contribution in [0.25, 0.3) is 0 Å². The Morgan fingerprint density at radius 1 is 1.41 bits per heavy atom. The molecule has 0 saturated carbocycles. The highest BCUT2D eigenvalue weighted by molar-refractivity contribution is 5.95. The lowest BCUT2D eigenvalue weighted by molar-refractivity contribution is -0.383. The van der Waals surface area contributed by atoms with Crippen LogP contribution in [-0.2, 0) is 4.74 Å². The maximum absolute atomic E-state index is 11.8. The molecule has 0 atom stereocenters. The molecule has 0 saturated heterocycles. The molecule has 0 aliphatic heterocycles. The maximum Gasteiger partial charge on any atom is 0.411 e. The molecule has 3 N–H and O–H groups in total. The average Bonchev–Trinajstić information content (AvgIpc) is 2.41. The van der Waals surface area contributed by atoms with E-state index in [1.165, 1.54) is 12.1 Å². The number of hydrogen-bond donors (Lipinski definition) is 2. The lowest BCUT2D eigenvalue weighted by Crippen LogP contribution is -2.26. The number of nitrogens with one attached hydrogen (secondary N) is 1. The summed E-state index contributed by atoms with van der Waals surface area (Å²) in [4.78, 5) is 21.7. The van der Waals surface area contributed by atoms with Crippen molar-refractivity contribution in [3.8, 4) is 0 Å². The van der Waals surface area contributed by atoms with E-state index in [-0.39, 0.29) is 36.5 Å². The lowest BCUT2D eigenvalue weighted by Gasteiger charge is -2.08. The Morgan fingerprint density at radius 2 is 2.09 bits per heavy atom. The van der Waals surface area contributed by atoms with Crippen molar-refractivity contribution in [2.75, 3.05) is 25.5 Å². The zero-order chi connectivity index (χ0) is 16.8. The van der Waals surface area contributed by atoms with Crippen LogP contribution in [-0.4, -0.2) is 36.8 Å². The van der Waals surface area contributed by atoms with Crippen molar-refractivity contribution in [1.29, 1.82) is 0 Å². The molecule has 1 rings (SSSR count). The number of carbonyl (C=O) groups excluding carboxylic acids is 1. The minimum absolute atomic E-state index is 0.0390. The van der Waals surface area contributed by atoms with Crippen LogP contribution in [0.4, 0.5) is 24.5 Å². The molecule has 0 aliphatic carbocycles. The van der Waals surface area contributed by atoms with Crippen LogP contribution >= 0.6 is 0 Å². The zero-order valence-electron chi connectivity index (χ0n) is 11.4. The van der Waals surface area contributed by atoms with Crippen molar-refractivity contribution in [3.05, 3.63) is 33.9 Å². The molecule has 0 unspecified atom stereocenters. The van der Waals surface area contributed by atoms with Crippen molar-refractivity contribution in [2.45, 2.75) is 12.6 Å². The predicted molar refractivity (Wildman–Crippen MR) is 71.3 cm³/mol. The van der Waals surface area contributed by atoms with Crippen LogP contribution in [0.3, 0.4) is 0 Å². The second-order valence-electron chi connectivity index (χ2n) is 4.31. The standard InChI is InChI=1S/C12H14F3N3O4/c13-12(14,15)7-22-5-1-4-17-11(19)8-2-3-9(16)10(6-8)18(20)21/h2-3,6H,1,4-5,7,16H2,(H,17,19). The molecule has 0 radical (unpaired) electrons. The Labute approximate surface area is 123 Å². The zero-order valence-corrected chi connectivity index (χ0v) is 11.4. The number of nitrogen functional groups attached to an aromatic ring is 1. The minimum Gasteiger partial charge on any atom is -0.393 e. The molecule has 1 aromatic carbocycles. The Hall–Kier alpha value is -2.36. The van der Waals surface area contributed by atoms with Gasteiger partial charge in [-0.1, -0.05) is 0 Å². The number of nitrogens with two attached hydrogens (primary N) is 1. The number of carbonyl (C=O) groups is 1. The molecule has 1 amide bonds. The number of amides is 1. The third kappa shape index (κ3) is 5.95. The molecule has 0 aliphatic rings. The SMILES string of the molecule is Nc1ccc(C(=O)NCCCOCC(F)(F)F)cc1[N+](=O)[O-]. The van der Waals surface area contributed by atoms with Crippen LogP contribution in [0, 0.1) is 10.1 Å². The molecule has 1 aromatic rings. The smallest absolute Gasteiger partial charge is 0.393 e. The number of nitrogens with zero attached hydrogens (tertiary/aromatic N) is 1. The molecule has 0 aromatic heterocycles. The first-order chi connectivity index (χ1) is 10.2. The fourth-order valence-corrected chi connectivity index (χ4v) is 1.51. The number of alkyl halides is 3. The number of benzene rings is 1. The van der Waals surface area contributed by atoms with Gasteiger partial charge < -0.3 is 15.8 Å². The van der Waals surface area contributed by atoms with Gasteiger partial charge >= 0.3 is 6.18 Å². The van der Waals surface area contributed by atoms with E-state index in [1.807, 2.05) is 0 Å². The second kappa shape index (κ2) is 7.59. The average molecular weight is 321 g/mol. The summed E-state index contributed by atoms with van der Waals surface area (Å²) >= 11 is 0. The topological polar surface area (TPSA) is 107 Å². The van der Waals surface area contributed by atoms with Gasteiger partial charge in [0.05, 0.1) is 4.92 Å². The van der Waals surface area contributed by atoms with E-state index in [0.29, 0.717) is 0 Å². The summed E-state index contributed by atoms with van der Waals surface area (Å²) in [5, 5.41) is 13.1. The van der Waals surface area contributed by atoms with Gasteiger partial charge in [-0.05, 0) is 18.6 Å². The maximum atomic E-state index is 11.8. The number of halogens is 3. The minimum atomic E-state index is -4.38. The molecular weight excluding hydrogens is 307 g/mol. The summed E-state index contributed by atoms with van der Waals surface area (Å²) in [6.07, 6.45) is -4.20. The van der Waals surface area contributed by atoms with E-state index < -0.39 is 23.6 Å². The predicted octanol–water partition coefficient (Wildman–Crippen LogP) is 1.88. The van der Waals surface area contributed by atoms with Gasteiger partial charge in [-0.25, -0.2) is 0 Å². The Kier molecular flexibility index (Phi) is 6.11. The van der Waals surface area contributed by atoms with Gasteiger partial charge in [0, 0.05) is 24.8 Å². The van der Waals surface area contributed by atoms with E-state index in [2.05, 4.69) is 10.1 Å². The number of rotatable bonds is 7. The van der Waals surface area contributed by atoms with Crippen LogP contribution in [0.1, 0.15) is 16.8 Å². The third-order valence-corrected chi connectivity index (χ3v) is 2.51.